The Morgan fingerprint density at radius 3 is 2.14 bits per heavy atom. The molecular weight excluding hydrogens is 297 g/mol. The number of hydrogen-bond donors (Lipinski definition) is 2. The molecule has 0 saturated carbocycles. The number of hydrogen-bond acceptors (Lipinski definition) is 2. The van der Waals surface area contributed by atoms with Crippen LogP contribution in [0.4, 0.5) is 24.5 Å². The van der Waals surface area contributed by atoms with Gasteiger partial charge in [0, 0.05) is 12.6 Å². The topological polar surface area (TPSA) is 58.2 Å². The molecule has 0 aliphatic rings. The van der Waals surface area contributed by atoms with E-state index in [4.69, 9.17) is 0 Å². The quantitative estimate of drug-likeness (QED) is 0.914. The summed E-state index contributed by atoms with van der Waals surface area (Å²) in [6.45, 7) is 1.26. The first-order valence-corrected chi connectivity index (χ1v) is 6.21. The van der Waals surface area contributed by atoms with Gasteiger partial charge in [0.2, 0.25) is 5.91 Å². The third-order valence-electron chi connectivity index (χ3n) is 2.72. The largest absolute Gasteiger partial charge is 0.326 e. The first-order valence-electron chi connectivity index (χ1n) is 6.21. The number of carbonyl (C=O) groups is 2. The number of rotatable bonds is 3. The molecule has 0 atom stereocenters. The highest BCUT2D eigenvalue weighted by Gasteiger charge is 2.18. The molecule has 2 amide bonds. The lowest BCUT2D eigenvalue weighted by Gasteiger charge is -2.10. The Hall–Kier alpha value is -2.83. The molecule has 0 fully saturated rings. The third kappa shape index (κ3) is 3.43. The predicted molar refractivity (Wildman–Crippen MR) is 75.0 cm³/mol. The monoisotopic (exact) mass is 308 g/mol. The number of carbonyl (C=O) groups excluding carboxylic acids is 2. The van der Waals surface area contributed by atoms with E-state index < -0.39 is 28.9 Å². The lowest BCUT2D eigenvalue weighted by atomic mass is 10.1. The molecule has 0 spiro atoms. The van der Waals surface area contributed by atoms with Crippen LogP contribution < -0.4 is 10.6 Å². The van der Waals surface area contributed by atoms with Gasteiger partial charge in [-0.05, 0) is 30.3 Å². The van der Waals surface area contributed by atoms with Crippen molar-refractivity contribution in [2.75, 3.05) is 10.6 Å². The van der Waals surface area contributed by atoms with Crippen LogP contribution >= 0.6 is 0 Å². The minimum Gasteiger partial charge on any atom is -0.326 e. The highest BCUT2D eigenvalue weighted by molar-refractivity contribution is 6.05. The van der Waals surface area contributed by atoms with Gasteiger partial charge in [-0.25, -0.2) is 13.2 Å². The SMILES string of the molecule is CC(=O)Nc1ccc(F)c(NC(=O)c2c(F)cccc2F)c1. The molecule has 0 aliphatic carbocycles. The van der Waals surface area contributed by atoms with E-state index in [0.29, 0.717) is 0 Å². The standard InChI is InChI=1S/C15H11F3N2O2/c1-8(21)19-9-5-6-10(16)13(7-9)20-15(22)14-11(17)3-2-4-12(14)18/h2-7H,1H3,(H,19,21)(H,20,22). The van der Waals surface area contributed by atoms with Gasteiger partial charge in [0.25, 0.3) is 5.91 Å². The van der Waals surface area contributed by atoms with Gasteiger partial charge in [-0.15, -0.1) is 0 Å². The summed E-state index contributed by atoms with van der Waals surface area (Å²) in [5, 5.41) is 4.48. The summed E-state index contributed by atoms with van der Waals surface area (Å²) >= 11 is 0. The molecule has 7 heteroatoms. The summed E-state index contributed by atoms with van der Waals surface area (Å²) in [4.78, 5) is 22.8. The van der Waals surface area contributed by atoms with E-state index in [-0.39, 0.29) is 17.3 Å². The predicted octanol–water partition coefficient (Wildman–Crippen LogP) is 3.31. The molecular formula is C15H11F3N2O2. The highest BCUT2D eigenvalue weighted by Crippen LogP contribution is 2.21. The number of benzene rings is 2. The second-order valence-electron chi connectivity index (χ2n) is 4.43. The molecule has 0 bridgehead atoms. The van der Waals surface area contributed by atoms with Gasteiger partial charge in [-0.3, -0.25) is 9.59 Å². The minimum absolute atomic E-state index is 0.234. The van der Waals surface area contributed by atoms with Crippen molar-refractivity contribution in [1.29, 1.82) is 0 Å². The Balaban J connectivity index is 2.30. The first-order chi connectivity index (χ1) is 10.4. The van der Waals surface area contributed by atoms with Gasteiger partial charge in [-0.1, -0.05) is 6.07 Å². The summed E-state index contributed by atoms with van der Waals surface area (Å²) in [7, 11) is 0. The molecule has 22 heavy (non-hydrogen) atoms. The van der Waals surface area contributed by atoms with Crippen molar-refractivity contribution in [3.05, 3.63) is 59.4 Å². The van der Waals surface area contributed by atoms with E-state index in [1.54, 1.807) is 0 Å². The summed E-state index contributed by atoms with van der Waals surface area (Å²) in [6.07, 6.45) is 0. The fourth-order valence-corrected chi connectivity index (χ4v) is 1.80. The Morgan fingerprint density at radius 2 is 1.55 bits per heavy atom. The third-order valence-corrected chi connectivity index (χ3v) is 2.72. The normalized spacial score (nSPS) is 10.2. The van der Waals surface area contributed by atoms with Crippen LogP contribution in [-0.2, 0) is 4.79 Å². The van der Waals surface area contributed by atoms with Crippen molar-refractivity contribution in [1.82, 2.24) is 0 Å². The van der Waals surface area contributed by atoms with Crippen LogP contribution in [0.5, 0.6) is 0 Å². The van der Waals surface area contributed by atoms with Crippen molar-refractivity contribution in [2.45, 2.75) is 6.92 Å². The second-order valence-corrected chi connectivity index (χ2v) is 4.43. The van der Waals surface area contributed by atoms with Gasteiger partial charge >= 0.3 is 0 Å². The summed E-state index contributed by atoms with van der Waals surface area (Å²) < 4.78 is 40.7. The van der Waals surface area contributed by atoms with E-state index in [2.05, 4.69) is 10.6 Å². The number of halogens is 3. The van der Waals surface area contributed by atoms with Gasteiger partial charge in [0.1, 0.15) is 23.0 Å². The fraction of sp³-hybridized carbons (Fsp3) is 0.0667. The van der Waals surface area contributed by atoms with Gasteiger partial charge in [0.15, 0.2) is 0 Å². The van der Waals surface area contributed by atoms with Crippen LogP contribution in [0.2, 0.25) is 0 Å². The zero-order valence-corrected chi connectivity index (χ0v) is 11.4. The van der Waals surface area contributed by atoms with Crippen molar-refractivity contribution in [3.63, 3.8) is 0 Å². The molecule has 2 rings (SSSR count). The molecule has 0 heterocycles. The molecule has 114 valence electrons. The van der Waals surface area contributed by atoms with Gasteiger partial charge in [0.05, 0.1) is 5.69 Å². The van der Waals surface area contributed by atoms with Gasteiger partial charge < -0.3 is 10.6 Å². The zero-order chi connectivity index (χ0) is 16.3. The molecule has 2 N–H and O–H groups in total. The van der Waals surface area contributed by atoms with Crippen molar-refractivity contribution >= 4 is 23.2 Å². The van der Waals surface area contributed by atoms with Crippen molar-refractivity contribution < 1.29 is 22.8 Å². The second kappa shape index (κ2) is 6.30. The van der Waals surface area contributed by atoms with Crippen LogP contribution in [0.3, 0.4) is 0 Å². The van der Waals surface area contributed by atoms with Crippen molar-refractivity contribution in [2.24, 2.45) is 0 Å². The number of anilines is 2. The van der Waals surface area contributed by atoms with E-state index >= 15 is 0 Å². The number of nitrogens with one attached hydrogen (secondary N) is 2. The maximum atomic E-state index is 13.7. The fourth-order valence-electron chi connectivity index (χ4n) is 1.80. The summed E-state index contributed by atoms with van der Waals surface area (Å²) in [5.41, 5.74) is -0.885. The van der Waals surface area contributed by atoms with Crippen LogP contribution in [0.1, 0.15) is 17.3 Å². The Bertz CT molecular complexity index is 727. The lowest BCUT2D eigenvalue weighted by Crippen LogP contribution is -2.17. The summed E-state index contributed by atoms with van der Waals surface area (Å²) in [6, 6.07) is 6.39. The van der Waals surface area contributed by atoms with Gasteiger partial charge in [-0.2, -0.15) is 0 Å². The molecule has 4 nitrogen and oxygen atoms in total. The van der Waals surface area contributed by atoms with E-state index in [1.807, 2.05) is 0 Å². The molecule has 0 radical (unpaired) electrons. The zero-order valence-electron chi connectivity index (χ0n) is 11.4. The van der Waals surface area contributed by atoms with Crippen LogP contribution in [0.25, 0.3) is 0 Å². The van der Waals surface area contributed by atoms with E-state index in [0.717, 1.165) is 30.3 Å². The maximum absolute atomic E-state index is 13.7. The average molecular weight is 308 g/mol. The molecule has 0 aliphatic heterocycles. The Kier molecular flexibility index (Phi) is 4.45. The maximum Gasteiger partial charge on any atom is 0.261 e. The van der Waals surface area contributed by atoms with Crippen molar-refractivity contribution in [3.8, 4) is 0 Å². The van der Waals surface area contributed by atoms with Crippen LogP contribution in [0.15, 0.2) is 36.4 Å². The summed E-state index contributed by atoms with van der Waals surface area (Å²) in [5.74, 6) is -4.44. The molecule has 2 aromatic carbocycles. The Morgan fingerprint density at radius 1 is 0.909 bits per heavy atom. The van der Waals surface area contributed by atoms with E-state index in [9.17, 15) is 22.8 Å². The number of amides is 2. The molecule has 0 aromatic heterocycles. The lowest BCUT2D eigenvalue weighted by molar-refractivity contribution is -0.114. The van der Waals surface area contributed by atoms with Crippen LogP contribution in [0, 0.1) is 17.5 Å². The minimum atomic E-state index is -1.13. The van der Waals surface area contributed by atoms with Crippen LogP contribution in [-0.4, -0.2) is 11.8 Å². The first kappa shape index (κ1) is 15.6. The average Bonchev–Trinajstić information content (AvgIpc) is 2.41. The molecule has 0 saturated heterocycles. The smallest absolute Gasteiger partial charge is 0.261 e. The molecule has 2 aromatic rings. The highest BCUT2D eigenvalue weighted by atomic mass is 19.1. The molecule has 0 unspecified atom stereocenters. The van der Waals surface area contributed by atoms with E-state index in [1.165, 1.54) is 13.0 Å². The Labute approximate surface area is 124 Å².